The van der Waals surface area contributed by atoms with Crippen molar-refractivity contribution in [1.29, 1.82) is 0 Å². The molecule has 0 bridgehead atoms. The van der Waals surface area contributed by atoms with E-state index in [9.17, 15) is 0 Å². The average molecular weight is 417 g/mol. The van der Waals surface area contributed by atoms with Gasteiger partial charge in [0.2, 0.25) is 12.3 Å². The molecule has 0 atom stereocenters. The molecule has 0 N–H and O–H groups in total. The molecule has 0 spiro atoms. The predicted octanol–water partition coefficient (Wildman–Crippen LogP) is 5.37. The highest BCUT2D eigenvalue weighted by atomic mass is 35.5. The number of ether oxygens (including phenoxy) is 1. The maximum absolute atomic E-state index is 6.17. The molecule has 5 rings (SSSR count). The molecule has 2 heterocycles. The second-order valence-corrected chi connectivity index (χ2v) is 7.23. The minimum absolute atomic E-state index is 0.332. The summed E-state index contributed by atoms with van der Waals surface area (Å²) < 4.78 is 13.4. The number of hydrogen-bond donors (Lipinski definition) is 0. The minimum Gasteiger partial charge on any atom is -0.486 e. The van der Waals surface area contributed by atoms with Gasteiger partial charge in [0.05, 0.1) is 11.0 Å². The monoisotopic (exact) mass is 416 g/mol. The summed E-state index contributed by atoms with van der Waals surface area (Å²) in [6.45, 7) is 1.03. The van der Waals surface area contributed by atoms with E-state index in [1.807, 2.05) is 60.7 Å². The van der Waals surface area contributed by atoms with Crippen molar-refractivity contribution < 1.29 is 9.15 Å². The molecule has 0 aliphatic carbocycles. The minimum atomic E-state index is 0.332. The molecule has 6 nitrogen and oxygen atoms in total. The maximum atomic E-state index is 6.17. The van der Waals surface area contributed by atoms with Crippen molar-refractivity contribution in [3.05, 3.63) is 95.6 Å². The summed E-state index contributed by atoms with van der Waals surface area (Å²) in [5.74, 6) is 2.04. The molecule has 2 aromatic heterocycles. The van der Waals surface area contributed by atoms with Crippen molar-refractivity contribution >= 4 is 22.6 Å². The Labute approximate surface area is 177 Å². The van der Waals surface area contributed by atoms with E-state index in [4.69, 9.17) is 25.7 Å². The molecule has 0 amide bonds. The molecule has 7 heteroatoms. The van der Waals surface area contributed by atoms with Gasteiger partial charge in [-0.25, -0.2) is 4.98 Å². The number of aromatic nitrogens is 4. The van der Waals surface area contributed by atoms with Crippen molar-refractivity contribution in [3.8, 4) is 17.2 Å². The third-order valence-electron chi connectivity index (χ3n) is 4.80. The summed E-state index contributed by atoms with van der Waals surface area (Å²) in [6.07, 6.45) is 1.31. The Bertz CT molecular complexity index is 1270. The molecule has 0 fully saturated rings. The molecular weight excluding hydrogens is 400 g/mol. The highest BCUT2D eigenvalue weighted by Gasteiger charge is 2.13. The van der Waals surface area contributed by atoms with E-state index >= 15 is 0 Å². The second-order valence-electron chi connectivity index (χ2n) is 6.79. The zero-order chi connectivity index (χ0) is 20.3. The third kappa shape index (κ3) is 3.77. The van der Waals surface area contributed by atoms with Crippen molar-refractivity contribution in [2.45, 2.75) is 13.2 Å². The Kier molecular flexibility index (Phi) is 4.91. The van der Waals surface area contributed by atoms with Crippen molar-refractivity contribution in [3.63, 3.8) is 0 Å². The van der Waals surface area contributed by atoms with Crippen molar-refractivity contribution in [2.24, 2.45) is 0 Å². The van der Waals surface area contributed by atoms with Crippen LogP contribution in [0.3, 0.4) is 0 Å². The first-order valence-electron chi connectivity index (χ1n) is 9.44. The summed E-state index contributed by atoms with van der Waals surface area (Å²) >= 11 is 6.17. The van der Waals surface area contributed by atoms with Crippen LogP contribution in [-0.2, 0) is 13.2 Å². The molecule has 0 radical (unpaired) electrons. The van der Waals surface area contributed by atoms with Gasteiger partial charge in [0, 0.05) is 17.1 Å². The number of fused-ring (bicyclic) bond motifs is 1. The fraction of sp³-hybridized carbons (Fsp3) is 0.0870. The van der Waals surface area contributed by atoms with Crippen LogP contribution in [0.25, 0.3) is 22.5 Å². The van der Waals surface area contributed by atoms with Crippen molar-refractivity contribution in [2.75, 3.05) is 0 Å². The predicted molar refractivity (Wildman–Crippen MR) is 114 cm³/mol. The quantitative estimate of drug-likeness (QED) is 0.372. The van der Waals surface area contributed by atoms with Crippen LogP contribution in [0.4, 0.5) is 0 Å². The van der Waals surface area contributed by atoms with Gasteiger partial charge in [0.1, 0.15) is 18.2 Å². The molecule has 0 aliphatic heterocycles. The first-order valence-corrected chi connectivity index (χ1v) is 9.82. The first-order chi connectivity index (χ1) is 14.8. The lowest BCUT2D eigenvalue weighted by Gasteiger charge is -2.11. The summed E-state index contributed by atoms with van der Waals surface area (Å²) in [5.41, 5.74) is 3.90. The number of imidazole rings is 1. The first kappa shape index (κ1) is 18.4. The van der Waals surface area contributed by atoms with Gasteiger partial charge in [-0.05, 0) is 48.0 Å². The van der Waals surface area contributed by atoms with E-state index in [-0.39, 0.29) is 0 Å². The number of nitrogens with zero attached hydrogens (tertiary/aromatic N) is 4. The van der Waals surface area contributed by atoms with E-state index in [1.165, 1.54) is 12.0 Å². The molecule has 0 unspecified atom stereocenters. The second kappa shape index (κ2) is 8.00. The van der Waals surface area contributed by atoms with Gasteiger partial charge < -0.3 is 13.7 Å². The fourth-order valence-corrected chi connectivity index (χ4v) is 3.51. The molecule has 148 valence electrons. The highest BCUT2D eigenvalue weighted by Crippen LogP contribution is 2.24. The zero-order valence-electron chi connectivity index (χ0n) is 15.9. The van der Waals surface area contributed by atoms with Gasteiger partial charge in [0.25, 0.3) is 0 Å². The lowest BCUT2D eigenvalue weighted by Crippen LogP contribution is -2.08. The number of hydrogen-bond acceptors (Lipinski definition) is 5. The number of halogens is 1. The maximum Gasteiger partial charge on any atom is 0.247 e. The van der Waals surface area contributed by atoms with Gasteiger partial charge in [-0.1, -0.05) is 41.9 Å². The lowest BCUT2D eigenvalue weighted by molar-refractivity contribution is 0.291. The Balaban J connectivity index is 1.41. The molecule has 30 heavy (non-hydrogen) atoms. The van der Waals surface area contributed by atoms with Crippen LogP contribution in [0.15, 0.2) is 83.6 Å². The highest BCUT2D eigenvalue weighted by molar-refractivity contribution is 6.31. The Morgan fingerprint density at radius 2 is 1.80 bits per heavy atom. The molecule has 0 saturated heterocycles. The van der Waals surface area contributed by atoms with E-state index in [1.54, 1.807) is 0 Å². The normalized spacial score (nSPS) is 11.1. The standard InChI is InChI=1S/C23H17ClN4O2/c24-18-8-11-21-20(12-18)26-22(28(21)13-16-4-2-1-3-5-16)14-29-19-9-6-17(7-10-19)23-27-25-15-30-23/h1-12,15H,13-14H2. The van der Waals surface area contributed by atoms with Crippen LogP contribution in [0.2, 0.25) is 5.02 Å². The van der Waals surface area contributed by atoms with Gasteiger partial charge in [0.15, 0.2) is 0 Å². The fourth-order valence-electron chi connectivity index (χ4n) is 3.35. The molecule has 3 aromatic carbocycles. The van der Waals surface area contributed by atoms with E-state index in [2.05, 4.69) is 26.9 Å². The lowest BCUT2D eigenvalue weighted by atomic mass is 10.2. The van der Waals surface area contributed by atoms with Crippen LogP contribution in [0.1, 0.15) is 11.4 Å². The summed E-state index contributed by atoms with van der Waals surface area (Å²) in [5, 5.41) is 8.27. The third-order valence-corrected chi connectivity index (χ3v) is 5.04. The van der Waals surface area contributed by atoms with Crippen LogP contribution in [-0.4, -0.2) is 19.7 Å². The van der Waals surface area contributed by atoms with Crippen LogP contribution in [0, 0.1) is 0 Å². The summed E-state index contributed by atoms with van der Waals surface area (Å²) in [4.78, 5) is 4.76. The van der Waals surface area contributed by atoms with Gasteiger partial charge in [-0.15, -0.1) is 10.2 Å². The zero-order valence-corrected chi connectivity index (χ0v) is 16.7. The van der Waals surface area contributed by atoms with Crippen LogP contribution >= 0.6 is 11.6 Å². The van der Waals surface area contributed by atoms with E-state index < -0.39 is 0 Å². The van der Waals surface area contributed by atoms with E-state index in [0.717, 1.165) is 28.2 Å². The molecule has 5 aromatic rings. The average Bonchev–Trinajstić information content (AvgIpc) is 3.42. The van der Waals surface area contributed by atoms with Gasteiger partial charge in [-0.2, -0.15) is 0 Å². The topological polar surface area (TPSA) is 66.0 Å². The smallest absolute Gasteiger partial charge is 0.247 e. The largest absolute Gasteiger partial charge is 0.486 e. The number of rotatable bonds is 6. The Morgan fingerprint density at radius 1 is 0.967 bits per heavy atom. The SMILES string of the molecule is Clc1ccc2c(c1)nc(COc1ccc(-c3nnco3)cc1)n2Cc1ccccc1. The van der Waals surface area contributed by atoms with Crippen LogP contribution < -0.4 is 4.74 Å². The van der Waals surface area contributed by atoms with E-state index in [0.29, 0.717) is 24.1 Å². The summed E-state index contributed by atoms with van der Waals surface area (Å²) in [7, 11) is 0. The molecule has 0 saturated carbocycles. The van der Waals surface area contributed by atoms with Crippen molar-refractivity contribution in [1.82, 2.24) is 19.7 Å². The molecule has 0 aliphatic rings. The Morgan fingerprint density at radius 3 is 2.57 bits per heavy atom. The van der Waals surface area contributed by atoms with Gasteiger partial charge in [-0.3, -0.25) is 0 Å². The van der Waals surface area contributed by atoms with Crippen LogP contribution in [0.5, 0.6) is 5.75 Å². The Hall–Kier alpha value is -3.64. The molecular formula is C23H17ClN4O2. The van der Waals surface area contributed by atoms with Gasteiger partial charge >= 0.3 is 0 Å². The number of benzene rings is 3. The summed E-state index contributed by atoms with van der Waals surface area (Å²) in [6, 6.07) is 23.6.